The van der Waals surface area contributed by atoms with Crippen LogP contribution in [0.15, 0.2) is 6.33 Å². The van der Waals surface area contributed by atoms with Gasteiger partial charge in [0.05, 0.1) is 18.6 Å². The Bertz CT molecular complexity index is 372. The van der Waals surface area contributed by atoms with Crippen LogP contribution < -0.4 is 5.73 Å². The van der Waals surface area contributed by atoms with Crippen LogP contribution in [-0.4, -0.2) is 22.8 Å². The number of hydrogen-bond donors (Lipinski definition) is 1. The summed E-state index contributed by atoms with van der Waals surface area (Å²) in [4.78, 5) is 4.34. The number of anilines is 1. The van der Waals surface area contributed by atoms with Crippen LogP contribution in [0.3, 0.4) is 0 Å². The summed E-state index contributed by atoms with van der Waals surface area (Å²) in [6.07, 6.45) is 8.96. The molecule has 4 nitrogen and oxygen atoms in total. The number of nitrogen functional groups attached to an aromatic ring is 1. The molecule has 2 heterocycles. The molecule has 2 rings (SSSR count). The Labute approximate surface area is 89.4 Å². The number of aromatic nitrogens is 2. The fourth-order valence-corrected chi connectivity index (χ4v) is 1.92. The monoisotopic (exact) mass is 205 g/mol. The molecule has 0 aliphatic carbocycles. The van der Waals surface area contributed by atoms with Crippen LogP contribution >= 0.6 is 0 Å². The lowest BCUT2D eigenvalue weighted by Crippen LogP contribution is -2.16. The van der Waals surface area contributed by atoms with Crippen LogP contribution in [0.1, 0.15) is 24.5 Å². The van der Waals surface area contributed by atoms with E-state index in [1.165, 1.54) is 0 Å². The summed E-state index contributed by atoms with van der Waals surface area (Å²) in [5.41, 5.74) is 6.96. The zero-order valence-corrected chi connectivity index (χ0v) is 8.65. The number of imidazole rings is 1. The average Bonchev–Trinajstić information content (AvgIpc) is 2.63. The topological polar surface area (TPSA) is 53.1 Å². The van der Waals surface area contributed by atoms with E-state index in [-0.39, 0.29) is 0 Å². The van der Waals surface area contributed by atoms with E-state index in [0.29, 0.717) is 18.3 Å². The Morgan fingerprint density at radius 1 is 1.60 bits per heavy atom. The highest BCUT2D eigenvalue weighted by Gasteiger charge is 2.21. The molecule has 0 saturated carbocycles. The summed E-state index contributed by atoms with van der Waals surface area (Å²) in [6, 6.07) is 0. The average molecular weight is 205 g/mol. The van der Waals surface area contributed by atoms with Gasteiger partial charge in [0.15, 0.2) is 0 Å². The molecule has 0 spiro atoms. The molecule has 2 N–H and O–H groups in total. The van der Waals surface area contributed by atoms with Crippen molar-refractivity contribution in [3.8, 4) is 12.3 Å². The third-order valence-corrected chi connectivity index (χ3v) is 2.78. The van der Waals surface area contributed by atoms with E-state index in [4.69, 9.17) is 16.9 Å². The highest BCUT2D eigenvalue weighted by molar-refractivity contribution is 5.39. The summed E-state index contributed by atoms with van der Waals surface area (Å²) in [5, 5.41) is 0. The summed E-state index contributed by atoms with van der Waals surface area (Å²) in [6.45, 7) is 2.08. The molecule has 0 bridgehead atoms. The molecular weight excluding hydrogens is 190 g/mol. The van der Waals surface area contributed by atoms with E-state index in [9.17, 15) is 0 Å². The maximum atomic E-state index is 5.98. The van der Waals surface area contributed by atoms with Gasteiger partial charge in [-0.3, -0.25) is 0 Å². The number of rotatable bonds is 2. The second-order valence-corrected chi connectivity index (χ2v) is 3.73. The van der Waals surface area contributed by atoms with Crippen LogP contribution in [0.5, 0.6) is 0 Å². The van der Waals surface area contributed by atoms with Gasteiger partial charge in [-0.25, -0.2) is 4.98 Å². The van der Waals surface area contributed by atoms with E-state index < -0.39 is 0 Å². The first-order chi connectivity index (χ1) is 7.33. The van der Waals surface area contributed by atoms with E-state index in [2.05, 4.69) is 10.9 Å². The highest BCUT2D eigenvalue weighted by atomic mass is 16.5. The van der Waals surface area contributed by atoms with Crippen molar-refractivity contribution in [2.45, 2.75) is 25.3 Å². The first kappa shape index (κ1) is 10.1. The molecule has 4 heteroatoms. The Morgan fingerprint density at radius 2 is 2.33 bits per heavy atom. The maximum Gasteiger partial charge on any atom is 0.127 e. The van der Waals surface area contributed by atoms with Crippen molar-refractivity contribution in [2.75, 3.05) is 18.9 Å². The van der Waals surface area contributed by atoms with Crippen LogP contribution in [0.4, 0.5) is 5.82 Å². The summed E-state index contributed by atoms with van der Waals surface area (Å²) in [5.74, 6) is 3.70. The van der Waals surface area contributed by atoms with Gasteiger partial charge in [-0.15, -0.1) is 6.42 Å². The molecule has 80 valence electrons. The summed E-state index contributed by atoms with van der Waals surface area (Å²) < 4.78 is 7.12. The molecule has 0 aromatic carbocycles. The Kier molecular flexibility index (Phi) is 2.93. The van der Waals surface area contributed by atoms with Crippen molar-refractivity contribution < 1.29 is 4.74 Å². The van der Waals surface area contributed by atoms with Gasteiger partial charge in [0.2, 0.25) is 0 Å². The molecule has 0 unspecified atom stereocenters. The SMILES string of the molecule is C#CCn1cnc(C2CCOCC2)c1N. The first-order valence-corrected chi connectivity index (χ1v) is 5.14. The molecule has 0 radical (unpaired) electrons. The van der Waals surface area contributed by atoms with Crippen LogP contribution in [0.2, 0.25) is 0 Å². The quantitative estimate of drug-likeness (QED) is 0.733. The fourth-order valence-electron chi connectivity index (χ4n) is 1.92. The number of ether oxygens (including phenoxy) is 1. The highest BCUT2D eigenvalue weighted by Crippen LogP contribution is 2.29. The van der Waals surface area contributed by atoms with Gasteiger partial charge < -0.3 is 15.0 Å². The van der Waals surface area contributed by atoms with Crippen molar-refractivity contribution >= 4 is 5.82 Å². The lowest BCUT2D eigenvalue weighted by Gasteiger charge is -2.20. The maximum absolute atomic E-state index is 5.98. The molecule has 1 aromatic rings. The van der Waals surface area contributed by atoms with Gasteiger partial charge in [-0.05, 0) is 12.8 Å². The lowest BCUT2D eigenvalue weighted by atomic mass is 9.96. The predicted molar refractivity (Wildman–Crippen MR) is 58.3 cm³/mol. The Morgan fingerprint density at radius 3 is 3.00 bits per heavy atom. The zero-order valence-electron chi connectivity index (χ0n) is 8.65. The van der Waals surface area contributed by atoms with Crippen LogP contribution in [-0.2, 0) is 11.3 Å². The minimum Gasteiger partial charge on any atom is -0.384 e. The molecule has 1 aliphatic heterocycles. The number of nitrogens with two attached hydrogens (primary N) is 1. The molecule has 1 aliphatic rings. The van der Waals surface area contributed by atoms with Gasteiger partial charge in [0, 0.05) is 19.1 Å². The van der Waals surface area contributed by atoms with E-state index >= 15 is 0 Å². The van der Waals surface area contributed by atoms with Crippen molar-refractivity contribution in [2.24, 2.45) is 0 Å². The van der Waals surface area contributed by atoms with E-state index in [1.807, 2.05) is 4.57 Å². The Balaban J connectivity index is 2.17. The largest absolute Gasteiger partial charge is 0.384 e. The van der Waals surface area contributed by atoms with Gasteiger partial charge in [-0.1, -0.05) is 5.92 Å². The van der Waals surface area contributed by atoms with Crippen LogP contribution in [0, 0.1) is 12.3 Å². The third-order valence-electron chi connectivity index (χ3n) is 2.78. The van der Waals surface area contributed by atoms with Gasteiger partial charge in [0.1, 0.15) is 5.82 Å². The minimum absolute atomic E-state index is 0.428. The second kappa shape index (κ2) is 4.37. The molecular formula is C11H15N3O. The smallest absolute Gasteiger partial charge is 0.127 e. The molecule has 1 aromatic heterocycles. The normalized spacial score (nSPS) is 17.5. The second-order valence-electron chi connectivity index (χ2n) is 3.73. The molecule has 15 heavy (non-hydrogen) atoms. The molecule has 0 atom stereocenters. The predicted octanol–water partition coefficient (Wildman–Crippen LogP) is 0.992. The molecule has 1 fully saturated rings. The number of terminal acetylenes is 1. The first-order valence-electron chi connectivity index (χ1n) is 5.14. The van der Waals surface area contributed by atoms with Gasteiger partial charge in [0.25, 0.3) is 0 Å². The molecule has 1 saturated heterocycles. The standard InChI is InChI=1S/C11H15N3O/c1-2-5-14-8-13-10(11(14)12)9-3-6-15-7-4-9/h1,8-9H,3-7,12H2. The van der Waals surface area contributed by atoms with Crippen molar-refractivity contribution in [1.82, 2.24) is 9.55 Å². The lowest BCUT2D eigenvalue weighted by molar-refractivity contribution is 0.0847. The minimum atomic E-state index is 0.428. The van der Waals surface area contributed by atoms with Crippen molar-refractivity contribution in [3.63, 3.8) is 0 Å². The summed E-state index contributed by atoms with van der Waals surface area (Å²) >= 11 is 0. The fraction of sp³-hybridized carbons (Fsp3) is 0.545. The summed E-state index contributed by atoms with van der Waals surface area (Å²) in [7, 11) is 0. The zero-order chi connectivity index (χ0) is 10.7. The van der Waals surface area contributed by atoms with Gasteiger partial charge in [-0.2, -0.15) is 0 Å². The van der Waals surface area contributed by atoms with Crippen molar-refractivity contribution in [3.05, 3.63) is 12.0 Å². The number of hydrogen-bond acceptors (Lipinski definition) is 3. The van der Waals surface area contributed by atoms with Crippen LogP contribution in [0.25, 0.3) is 0 Å². The van der Waals surface area contributed by atoms with Crippen molar-refractivity contribution in [1.29, 1.82) is 0 Å². The molecule has 0 amide bonds. The van der Waals surface area contributed by atoms with E-state index in [0.717, 1.165) is 31.7 Å². The van der Waals surface area contributed by atoms with Gasteiger partial charge >= 0.3 is 0 Å². The number of nitrogens with zero attached hydrogens (tertiary/aromatic N) is 2. The Hall–Kier alpha value is -1.47. The van der Waals surface area contributed by atoms with E-state index in [1.54, 1.807) is 6.33 Å². The third kappa shape index (κ3) is 1.97.